The van der Waals surface area contributed by atoms with Crippen molar-refractivity contribution in [1.82, 2.24) is 4.90 Å². The number of nitrogens with zero attached hydrogens (tertiary/aromatic N) is 1. The lowest BCUT2D eigenvalue weighted by molar-refractivity contribution is -0.131. The maximum absolute atomic E-state index is 11.8. The summed E-state index contributed by atoms with van der Waals surface area (Å²) < 4.78 is 0. The van der Waals surface area contributed by atoms with E-state index in [0.717, 1.165) is 19.4 Å². The first-order valence-corrected chi connectivity index (χ1v) is 6.18. The number of amides is 1. The average Bonchev–Trinajstić information content (AvgIpc) is 2.27. The van der Waals surface area contributed by atoms with Crippen LogP contribution >= 0.6 is 0 Å². The summed E-state index contributed by atoms with van der Waals surface area (Å²) in [6.45, 7) is 1.48. The number of rotatable bonds is 5. The number of carbonyl (C=O) groups excluding carboxylic acids is 1. The molecule has 15 heavy (non-hydrogen) atoms. The molecule has 0 aliphatic heterocycles. The fourth-order valence-corrected chi connectivity index (χ4v) is 2.25. The molecule has 1 aliphatic carbocycles. The minimum absolute atomic E-state index is 0.301. The van der Waals surface area contributed by atoms with Gasteiger partial charge in [0.2, 0.25) is 5.91 Å². The first-order chi connectivity index (χ1) is 7.24. The van der Waals surface area contributed by atoms with Crippen molar-refractivity contribution >= 4 is 5.91 Å². The minimum Gasteiger partial charge on any atom is -0.346 e. The average molecular weight is 212 g/mol. The molecule has 0 unspecified atom stereocenters. The lowest BCUT2D eigenvalue weighted by Gasteiger charge is -2.24. The number of hydrogen-bond acceptors (Lipinski definition) is 2. The molecule has 0 heterocycles. The van der Waals surface area contributed by atoms with Crippen molar-refractivity contribution in [3.63, 3.8) is 0 Å². The lowest BCUT2D eigenvalue weighted by Crippen LogP contribution is -2.30. The van der Waals surface area contributed by atoms with Crippen LogP contribution in [0.1, 0.15) is 44.9 Å². The van der Waals surface area contributed by atoms with Crippen LogP contribution < -0.4 is 5.73 Å². The molecule has 0 spiro atoms. The maximum Gasteiger partial charge on any atom is 0.222 e. The molecule has 1 rings (SSSR count). The van der Waals surface area contributed by atoms with Crippen LogP contribution in [0.2, 0.25) is 0 Å². The van der Waals surface area contributed by atoms with Gasteiger partial charge in [0.05, 0.1) is 0 Å². The highest BCUT2D eigenvalue weighted by atomic mass is 16.2. The van der Waals surface area contributed by atoms with Crippen LogP contribution in [0.5, 0.6) is 0 Å². The van der Waals surface area contributed by atoms with Gasteiger partial charge >= 0.3 is 0 Å². The molecule has 3 heteroatoms. The van der Waals surface area contributed by atoms with E-state index in [2.05, 4.69) is 0 Å². The molecule has 0 saturated heterocycles. The summed E-state index contributed by atoms with van der Waals surface area (Å²) in [4.78, 5) is 13.6. The van der Waals surface area contributed by atoms with E-state index in [4.69, 9.17) is 5.73 Å². The van der Waals surface area contributed by atoms with Gasteiger partial charge in [-0.3, -0.25) is 4.79 Å². The van der Waals surface area contributed by atoms with Crippen molar-refractivity contribution in [3.05, 3.63) is 0 Å². The van der Waals surface area contributed by atoms with Crippen molar-refractivity contribution in [2.75, 3.05) is 20.1 Å². The van der Waals surface area contributed by atoms with Gasteiger partial charge in [-0.1, -0.05) is 19.3 Å². The second-order valence-corrected chi connectivity index (χ2v) is 4.67. The number of carbonyl (C=O) groups is 1. The third-order valence-electron chi connectivity index (χ3n) is 3.31. The van der Waals surface area contributed by atoms with E-state index in [1.807, 2.05) is 11.9 Å². The summed E-state index contributed by atoms with van der Waals surface area (Å²) >= 11 is 0. The predicted octanol–water partition coefficient (Wildman–Crippen LogP) is 1.76. The van der Waals surface area contributed by atoms with Gasteiger partial charge in [-0.05, 0) is 31.7 Å². The molecule has 1 saturated carbocycles. The molecule has 88 valence electrons. The SMILES string of the molecule is CN(CCCN)C(=O)CC1CCCCC1. The molecular weight excluding hydrogens is 188 g/mol. The molecule has 0 radical (unpaired) electrons. The van der Waals surface area contributed by atoms with Gasteiger partial charge < -0.3 is 10.6 Å². The summed E-state index contributed by atoms with van der Waals surface area (Å²) in [7, 11) is 1.89. The summed E-state index contributed by atoms with van der Waals surface area (Å²) in [5.74, 6) is 0.946. The Morgan fingerprint density at radius 2 is 2.00 bits per heavy atom. The van der Waals surface area contributed by atoms with Crippen molar-refractivity contribution in [1.29, 1.82) is 0 Å². The minimum atomic E-state index is 0.301. The van der Waals surface area contributed by atoms with Crippen molar-refractivity contribution in [2.24, 2.45) is 11.7 Å². The van der Waals surface area contributed by atoms with E-state index in [-0.39, 0.29) is 0 Å². The van der Waals surface area contributed by atoms with Crippen LogP contribution in [0.3, 0.4) is 0 Å². The first kappa shape index (κ1) is 12.5. The molecule has 0 aromatic heterocycles. The topological polar surface area (TPSA) is 46.3 Å². The van der Waals surface area contributed by atoms with Crippen LogP contribution in [-0.4, -0.2) is 30.9 Å². The lowest BCUT2D eigenvalue weighted by atomic mass is 9.87. The van der Waals surface area contributed by atoms with Gasteiger partial charge in [0, 0.05) is 20.0 Å². The van der Waals surface area contributed by atoms with Crippen molar-refractivity contribution in [3.8, 4) is 0 Å². The maximum atomic E-state index is 11.8. The Morgan fingerprint density at radius 1 is 1.33 bits per heavy atom. The largest absolute Gasteiger partial charge is 0.346 e. The Morgan fingerprint density at radius 3 is 2.60 bits per heavy atom. The van der Waals surface area contributed by atoms with Crippen LogP contribution in [0, 0.1) is 5.92 Å². The Balaban J connectivity index is 2.20. The standard InChI is InChI=1S/C12H24N2O/c1-14(9-5-8-13)12(15)10-11-6-3-2-4-7-11/h11H,2-10,13H2,1H3. The van der Waals surface area contributed by atoms with Gasteiger partial charge in [0.1, 0.15) is 0 Å². The van der Waals surface area contributed by atoms with Gasteiger partial charge in [-0.2, -0.15) is 0 Å². The van der Waals surface area contributed by atoms with Crippen molar-refractivity contribution in [2.45, 2.75) is 44.9 Å². The van der Waals surface area contributed by atoms with Crippen LogP contribution in [-0.2, 0) is 4.79 Å². The Kier molecular flexibility index (Phi) is 5.69. The second kappa shape index (κ2) is 6.83. The molecule has 1 amide bonds. The second-order valence-electron chi connectivity index (χ2n) is 4.67. The molecule has 2 N–H and O–H groups in total. The number of hydrogen-bond donors (Lipinski definition) is 1. The molecule has 1 aliphatic rings. The zero-order valence-corrected chi connectivity index (χ0v) is 9.87. The summed E-state index contributed by atoms with van der Waals surface area (Å²) in [6, 6.07) is 0. The first-order valence-electron chi connectivity index (χ1n) is 6.18. The fourth-order valence-electron chi connectivity index (χ4n) is 2.25. The van der Waals surface area contributed by atoms with Crippen molar-refractivity contribution < 1.29 is 4.79 Å². The van der Waals surface area contributed by atoms with E-state index < -0.39 is 0 Å². The Hall–Kier alpha value is -0.570. The van der Waals surface area contributed by atoms with E-state index >= 15 is 0 Å². The summed E-state index contributed by atoms with van der Waals surface area (Å²) in [5, 5.41) is 0. The molecule has 1 fully saturated rings. The Labute approximate surface area is 93.0 Å². The van der Waals surface area contributed by atoms with E-state index in [1.165, 1.54) is 32.1 Å². The zero-order valence-electron chi connectivity index (χ0n) is 9.87. The zero-order chi connectivity index (χ0) is 11.1. The van der Waals surface area contributed by atoms with Gasteiger partial charge in [-0.15, -0.1) is 0 Å². The third kappa shape index (κ3) is 4.65. The monoisotopic (exact) mass is 212 g/mol. The molecule has 0 bridgehead atoms. The van der Waals surface area contributed by atoms with Gasteiger partial charge in [0.15, 0.2) is 0 Å². The number of nitrogens with two attached hydrogens (primary N) is 1. The quantitative estimate of drug-likeness (QED) is 0.755. The van der Waals surface area contributed by atoms with Gasteiger partial charge in [-0.25, -0.2) is 0 Å². The molecule has 0 atom stereocenters. The fraction of sp³-hybridized carbons (Fsp3) is 0.917. The van der Waals surface area contributed by atoms with E-state index in [0.29, 0.717) is 18.4 Å². The third-order valence-corrected chi connectivity index (χ3v) is 3.31. The molecular formula is C12H24N2O. The van der Waals surface area contributed by atoms with E-state index in [9.17, 15) is 4.79 Å². The normalized spacial score (nSPS) is 17.7. The highest BCUT2D eigenvalue weighted by Crippen LogP contribution is 2.26. The molecule has 3 nitrogen and oxygen atoms in total. The van der Waals surface area contributed by atoms with Crippen LogP contribution in [0.15, 0.2) is 0 Å². The smallest absolute Gasteiger partial charge is 0.222 e. The predicted molar refractivity (Wildman–Crippen MR) is 62.5 cm³/mol. The molecule has 0 aromatic carbocycles. The van der Waals surface area contributed by atoms with E-state index in [1.54, 1.807) is 0 Å². The molecule has 0 aromatic rings. The van der Waals surface area contributed by atoms with Crippen LogP contribution in [0.4, 0.5) is 0 Å². The Bertz CT molecular complexity index is 188. The van der Waals surface area contributed by atoms with Crippen LogP contribution in [0.25, 0.3) is 0 Å². The van der Waals surface area contributed by atoms with Gasteiger partial charge in [0.25, 0.3) is 0 Å². The summed E-state index contributed by atoms with van der Waals surface area (Å²) in [6.07, 6.45) is 8.13. The highest BCUT2D eigenvalue weighted by molar-refractivity contribution is 5.76. The highest BCUT2D eigenvalue weighted by Gasteiger charge is 2.18. The summed E-state index contributed by atoms with van der Waals surface area (Å²) in [5.41, 5.74) is 5.42.